The number of hydrogen-bond acceptors (Lipinski definition) is 3. The van der Waals surface area contributed by atoms with Gasteiger partial charge in [0.2, 0.25) is 0 Å². The maximum absolute atomic E-state index is 10.5. The molecule has 4 N–H and O–H groups in total. The van der Waals surface area contributed by atoms with Crippen molar-refractivity contribution in [2.75, 3.05) is 13.7 Å². The number of carbonyl (C=O) groups is 1. The van der Waals surface area contributed by atoms with Gasteiger partial charge in [0.1, 0.15) is 0 Å². The molecule has 3 atom stereocenters. The Balaban J connectivity index is 2.42. The van der Waals surface area contributed by atoms with Crippen LogP contribution in [-0.4, -0.2) is 37.0 Å². The van der Waals surface area contributed by atoms with Crippen LogP contribution in [0.2, 0.25) is 0 Å². The predicted octanol–water partition coefficient (Wildman–Crippen LogP) is 0.396. The van der Waals surface area contributed by atoms with E-state index in [-0.39, 0.29) is 12.1 Å². The van der Waals surface area contributed by atoms with Gasteiger partial charge >= 0.3 is 6.09 Å². The Bertz CT molecular complexity index is 198. The van der Waals surface area contributed by atoms with Crippen LogP contribution in [0.1, 0.15) is 19.3 Å². The first-order valence-corrected chi connectivity index (χ1v) is 4.87. The van der Waals surface area contributed by atoms with Crippen molar-refractivity contribution in [2.24, 2.45) is 11.7 Å². The van der Waals surface area contributed by atoms with Crippen LogP contribution in [0.15, 0.2) is 0 Å². The van der Waals surface area contributed by atoms with Gasteiger partial charge in [-0.15, -0.1) is 0 Å². The van der Waals surface area contributed by atoms with Gasteiger partial charge in [-0.05, 0) is 25.2 Å². The van der Waals surface area contributed by atoms with E-state index in [0.29, 0.717) is 12.5 Å². The summed E-state index contributed by atoms with van der Waals surface area (Å²) in [6.07, 6.45) is 1.66. The molecule has 0 aromatic rings. The molecular formula is C9H18N2O3. The molecule has 0 saturated heterocycles. The number of methoxy groups -OCH3 is 1. The van der Waals surface area contributed by atoms with Gasteiger partial charge in [-0.1, -0.05) is 0 Å². The van der Waals surface area contributed by atoms with E-state index in [0.717, 1.165) is 19.3 Å². The monoisotopic (exact) mass is 202 g/mol. The number of amides is 1. The Hall–Kier alpha value is -0.810. The van der Waals surface area contributed by atoms with Gasteiger partial charge in [0.05, 0.1) is 0 Å². The van der Waals surface area contributed by atoms with Crippen molar-refractivity contribution in [1.29, 1.82) is 0 Å². The van der Waals surface area contributed by atoms with Crippen molar-refractivity contribution in [2.45, 2.75) is 31.3 Å². The molecule has 0 aliphatic heterocycles. The van der Waals surface area contributed by atoms with E-state index in [1.54, 1.807) is 7.11 Å². The summed E-state index contributed by atoms with van der Waals surface area (Å²) in [5, 5.41) is 11.1. The van der Waals surface area contributed by atoms with E-state index < -0.39 is 6.09 Å². The maximum Gasteiger partial charge on any atom is 0.404 e. The number of carboxylic acid groups (broad SMARTS) is 1. The van der Waals surface area contributed by atoms with Crippen molar-refractivity contribution in [3.63, 3.8) is 0 Å². The fourth-order valence-electron chi connectivity index (χ4n) is 1.99. The van der Waals surface area contributed by atoms with E-state index in [4.69, 9.17) is 15.6 Å². The highest BCUT2D eigenvalue weighted by Gasteiger charge is 2.28. The lowest BCUT2D eigenvalue weighted by molar-refractivity contribution is 0.113. The van der Waals surface area contributed by atoms with Gasteiger partial charge in [-0.2, -0.15) is 0 Å². The summed E-state index contributed by atoms with van der Waals surface area (Å²) in [6.45, 7) is 0.685. The third-order valence-corrected chi connectivity index (χ3v) is 2.72. The Morgan fingerprint density at radius 1 is 1.64 bits per heavy atom. The summed E-state index contributed by atoms with van der Waals surface area (Å²) in [7, 11) is 1.66. The molecule has 0 spiro atoms. The van der Waals surface area contributed by atoms with Crippen LogP contribution in [0.4, 0.5) is 4.79 Å². The zero-order valence-electron chi connectivity index (χ0n) is 8.40. The highest BCUT2D eigenvalue weighted by molar-refractivity contribution is 5.65. The summed E-state index contributed by atoms with van der Waals surface area (Å²) in [6, 6.07) is -0.180. The van der Waals surface area contributed by atoms with Crippen LogP contribution >= 0.6 is 0 Å². The number of rotatable bonds is 3. The zero-order chi connectivity index (χ0) is 10.6. The van der Waals surface area contributed by atoms with Crippen molar-refractivity contribution in [1.82, 2.24) is 5.32 Å². The second-order valence-corrected chi connectivity index (χ2v) is 3.85. The Morgan fingerprint density at radius 3 is 2.93 bits per heavy atom. The van der Waals surface area contributed by atoms with Crippen molar-refractivity contribution >= 4 is 6.09 Å². The van der Waals surface area contributed by atoms with Gasteiger partial charge in [0.25, 0.3) is 0 Å². The first kappa shape index (κ1) is 11.3. The standard InChI is InChI=1S/C9H18N2O3/c1-14-5-6-2-3-7(10)8(4-6)11-9(12)13/h6-8,11H,2-5,10H2,1H3,(H,12,13). The molecule has 1 amide bonds. The van der Waals surface area contributed by atoms with Crippen LogP contribution in [0.25, 0.3) is 0 Å². The topological polar surface area (TPSA) is 84.6 Å². The van der Waals surface area contributed by atoms with Crippen LogP contribution in [-0.2, 0) is 4.74 Å². The molecule has 3 unspecified atom stereocenters. The lowest BCUT2D eigenvalue weighted by atomic mass is 9.83. The van der Waals surface area contributed by atoms with Crippen LogP contribution in [0.5, 0.6) is 0 Å². The second kappa shape index (κ2) is 5.17. The fourth-order valence-corrected chi connectivity index (χ4v) is 1.99. The number of ether oxygens (including phenoxy) is 1. The number of hydrogen-bond donors (Lipinski definition) is 3. The Morgan fingerprint density at radius 2 is 2.36 bits per heavy atom. The molecule has 0 aromatic carbocycles. The second-order valence-electron chi connectivity index (χ2n) is 3.85. The average Bonchev–Trinajstić information content (AvgIpc) is 2.10. The van der Waals surface area contributed by atoms with Gasteiger partial charge < -0.3 is 20.9 Å². The zero-order valence-corrected chi connectivity index (χ0v) is 8.40. The minimum Gasteiger partial charge on any atom is -0.465 e. The molecule has 0 bridgehead atoms. The highest BCUT2D eigenvalue weighted by atomic mass is 16.5. The van der Waals surface area contributed by atoms with Crippen molar-refractivity contribution < 1.29 is 14.6 Å². The van der Waals surface area contributed by atoms with Gasteiger partial charge in [0.15, 0.2) is 0 Å². The molecule has 0 radical (unpaired) electrons. The smallest absolute Gasteiger partial charge is 0.404 e. The minimum atomic E-state index is -0.997. The van der Waals surface area contributed by atoms with Crippen LogP contribution in [0.3, 0.4) is 0 Å². The molecule has 1 aliphatic rings. The molecule has 1 rings (SSSR count). The predicted molar refractivity (Wildman–Crippen MR) is 52.1 cm³/mol. The lowest BCUT2D eigenvalue weighted by Crippen LogP contribution is -2.51. The first-order chi connectivity index (χ1) is 6.63. The van der Waals surface area contributed by atoms with E-state index >= 15 is 0 Å². The van der Waals surface area contributed by atoms with E-state index in [9.17, 15) is 4.79 Å². The summed E-state index contributed by atoms with van der Waals surface area (Å²) in [5.41, 5.74) is 5.82. The molecule has 0 heterocycles. The molecule has 1 aliphatic carbocycles. The minimum absolute atomic E-state index is 0.0563. The third kappa shape index (κ3) is 3.16. The maximum atomic E-state index is 10.5. The normalized spacial score (nSPS) is 32.6. The SMILES string of the molecule is COCC1CCC(N)C(NC(=O)O)C1. The molecule has 82 valence electrons. The van der Waals surface area contributed by atoms with E-state index in [1.165, 1.54) is 0 Å². The molecule has 1 fully saturated rings. The fraction of sp³-hybridized carbons (Fsp3) is 0.889. The Kier molecular flexibility index (Phi) is 4.16. The molecule has 1 saturated carbocycles. The lowest BCUT2D eigenvalue weighted by Gasteiger charge is -2.33. The van der Waals surface area contributed by atoms with Gasteiger partial charge in [-0.3, -0.25) is 0 Å². The summed E-state index contributed by atoms with van der Waals surface area (Å²) < 4.78 is 5.05. The van der Waals surface area contributed by atoms with Crippen LogP contribution in [0, 0.1) is 5.92 Å². The number of nitrogens with one attached hydrogen (secondary N) is 1. The Labute approximate surface area is 83.6 Å². The molecule has 5 heteroatoms. The largest absolute Gasteiger partial charge is 0.465 e. The summed E-state index contributed by atoms with van der Waals surface area (Å²) in [4.78, 5) is 10.5. The molecular weight excluding hydrogens is 184 g/mol. The summed E-state index contributed by atoms with van der Waals surface area (Å²) >= 11 is 0. The third-order valence-electron chi connectivity index (χ3n) is 2.72. The summed E-state index contributed by atoms with van der Waals surface area (Å²) in [5.74, 6) is 0.427. The first-order valence-electron chi connectivity index (χ1n) is 4.87. The van der Waals surface area contributed by atoms with E-state index in [2.05, 4.69) is 5.32 Å². The van der Waals surface area contributed by atoms with Crippen LogP contribution < -0.4 is 11.1 Å². The quantitative estimate of drug-likeness (QED) is 0.618. The molecule has 0 aromatic heterocycles. The highest BCUT2D eigenvalue weighted by Crippen LogP contribution is 2.23. The van der Waals surface area contributed by atoms with Crippen molar-refractivity contribution in [3.05, 3.63) is 0 Å². The number of nitrogens with two attached hydrogens (primary N) is 1. The molecule has 5 nitrogen and oxygen atoms in total. The molecule has 14 heavy (non-hydrogen) atoms. The van der Waals surface area contributed by atoms with Crippen molar-refractivity contribution in [3.8, 4) is 0 Å². The van der Waals surface area contributed by atoms with Gasteiger partial charge in [0, 0.05) is 25.8 Å². The van der Waals surface area contributed by atoms with E-state index in [1.807, 2.05) is 0 Å². The van der Waals surface area contributed by atoms with Gasteiger partial charge in [-0.25, -0.2) is 4.79 Å². The average molecular weight is 202 g/mol.